The Morgan fingerprint density at radius 2 is 1.89 bits per heavy atom. The van der Waals surface area contributed by atoms with Crippen LogP contribution in [0.1, 0.15) is 52.9 Å². The molecule has 28 heavy (non-hydrogen) atoms. The first kappa shape index (κ1) is 23.3. The number of amides is 1. The first-order valence-electron chi connectivity index (χ1n) is 9.69. The van der Waals surface area contributed by atoms with Crippen molar-refractivity contribution in [3.8, 4) is 0 Å². The van der Waals surface area contributed by atoms with Crippen LogP contribution < -0.4 is 5.32 Å². The normalized spacial score (nSPS) is 13.2. The third kappa shape index (κ3) is 5.75. The topological polar surface area (TPSA) is 79.4 Å². The fourth-order valence-electron chi connectivity index (χ4n) is 2.82. The van der Waals surface area contributed by atoms with Crippen molar-refractivity contribution in [1.29, 1.82) is 0 Å². The fraction of sp³-hybridized carbons (Fsp3) is 0.579. The molecule has 0 saturated heterocycles. The average molecular weight is 490 g/mol. The van der Waals surface area contributed by atoms with Gasteiger partial charge >= 0.3 is 0 Å². The number of halogens is 1. The smallest absolute Gasteiger partial charge is 0.243 e. The molecule has 1 unspecified atom stereocenters. The van der Waals surface area contributed by atoms with Crippen LogP contribution in [0, 0.1) is 0 Å². The quantitative estimate of drug-likeness (QED) is 0.450. The minimum absolute atomic E-state index is 0.127. The lowest BCUT2D eigenvalue weighted by Crippen LogP contribution is -2.32. The summed E-state index contributed by atoms with van der Waals surface area (Å²) < 4.78 is 28.2. The maximum atomic E-state index is 13.0. The first-order valence-corrected chi connectivity index (χ1v) is 12.9. The predicted octanol–water partition coefficient (Wildman–Crippen LogP) is 5.00. The molecule has 0 radical (unpaired) electrons. The zero-order chi connectivity index (χ0) is 20.7. The van der Waals surface area contributed by atoms with E-state index in [1.807, 2.05) is 13.8 Å². The number of unbranched alkanes of at least 4 members (excludes halogenated alkanes) is 1. The number of aromatic nitrogens is 1. The molecule has 1 aromatic heterocycles. The molecule has 0 spiro atoms. The van der Waals surface area contributed by atoms with E-state index in [1.54, 1.807) is 18.2 Å². The number of benzene rings is 1. The largest absolute Gasteiger partial charge is 0.301 e. The van der Waals surface area contributed by atoms with Crippen LogP contribution in [0.2, 0.25) is 0 Å². The van der Waals surface area contributed by atoms with Gasteiger partial charge in [0.15, 0.2) is 5.13 Å². The molecule has 1 N–H and O–H groups in total. The van der Waals surface area contributed by atoms with E-state index in [4.69, 9.17) is 0 Å². The molecular weight excluding hydrogens is 462 g/mol. The highest BCUT2D eigenvalue weighted by molar-refractivity contribution is 9.10. The number of sulfonamides is 1. The number of carbonyl (C=O) groups excluding carboxylic acids is 1. The Labute approximate surface area is 179 Å². The van der Waals surface area contributed by atoms with E-state index < -0.39 is 10.0 Å². The number of alkyl halides is 1. The van der Waals surface area contributed by atoms with Gasteiger partial charge in [-0.25, -0.2) is 13.4 Å². The molecule has 1 heterocycles. The Hall–Kier alpha value is -1.03. The number of rotatable bonds is 11. The Bertz CT molecular complexity index is 893. The molecule has 1 atom stereocenters. The summed E-state index contributed by atoms with van der Waals surface area (Å²) in [5, 5.41) is 3.30. The van der Waals surface area contributed by atoms with Gasteiger partial charge in [-0.05, 0) is 37.5 Å². The molecule has 6 nitrogen and oxygen atoms in total. The van der Waals surface area contributed by atoms with E-state index in [0.29, 0.717) is 23.7 Å². The summed E-state index contributed by atoms with van der Waals surface area (Å²) in [6, 6.07) is 4.95. The van der Waals surface area contributed by atoms with Gasteiger partial charge in [-0.1, -0.05) is 60.9 Å². The molecule has 2 rings (SSSR count). The van der Waals surface area contributed by atoms with Gasteiger partial charge in [-0.2, -0.15) is 4.31 Å². The number of fused-ring (bicyclic) bond motifs is 1. The van der Waals surface area contributed by atoms with Gasteiger partial charge in [-0.15, -0.1) is 0 Å². The van der Waals surface area contributed by atoms with E-state index in [-0.39, 0.29) is 15.6 Å². The minimum Gasteiger partial charge on any atom is -0.301 e. The van der Waals surface area contributed by atoms with Crippen molar-refractivity contribution in [3.05, 3.63) is 18.2 Å². The van der Waals surface area contributed by atoms with Crippen molar-refractivity contribution >= 4 is 58.5 Å². The third-order valence-corrected chi connectivity index (χ3v) is 7.97. The highest BCUT2D eigenvalue weighted by atomic mass is 79.9. The van der Waals surface area contributed by atoms with Crippen molar-refractivity contribution in [2.24, 2.45) is 0 Å². The van der Waals surface area contributed by atoms with Crippen LogP contribution in [0.15, 0.2) is 23.1 Å². The molecule has 0 bridgehead atoms. The lowest BCUT2D eigenvalue weighted by Gasteiger charge is -2.20. The predicted molar refractivity (Wildman–Crippen MR) is 120 cm³/mol. The van der Waals surface area contributed by atoms with Crippen LogP contribution in [0.25, 0.3) is 10.2 Å². The first-order chi connectivity index (χ1) is 13.3. The number of nitrogens with one attached hydrogen (secondary N) is 1. The van der Waals surface area contributed by atoms with Gasteiger partial charge in [0, 0.05) is 13.1 Å². The van der Waals surface area contributed by atoms with Gasteiger partial charge in [0.2, 0.25) is 15.9 Å². The van der Waals surface area contributed by atoms with Crippen LogP contribution in [0.3, 0.4) is 0 Å². The lowest BCUT2D eigenvalue weighted by molar-refractivity contribution is -0.115. The van der Waals surface area contributed by atoms with Crippen LogP contribution in [-0.2, 0) is 14.8 Å². The van der Waals surface area contributed by atoms with Crippen molar-refractivity contribution in [2.75, 3.05) is 18.4 Å². The summed E-state index contributed by atoms with van der Waals surface area (Å²) >= 11 is 4.70. The second kappa shape index (κ2) is 10.7. The molecule has 2 aromatic rings. The fourth-order valence-corrected chi connectivity index (χ4v) is 5.89. The van der Waals surface area contributed by atoms with Gasteiger partial charge in [0.05, 0.1) is 19.9 Å². The second-order valence-corrected chi connectivity index (χ2v) is 10.7. The van der Waals surface area contributed by atoms with Crippen LogP contribution in [-0.4, -0.2) is 41.5 Å². The van der Waals surface area contributed by atoms with E-state index in [1.165, 1.54) is 15.6 Å². The number of nitrogens with zero attached hydrogens (tertiary/aromatic N) is 2. The molecule has 0 aliphatic carbocycles. The second-order valence-electron chi connectivity index (χ2n) is 6.65. The highest BCUT2D eigenvalue weighted by Crippen LogP contribution is 2.30. The van der Waals surface area contributed by atoms with Crippen molar-refractivity contribution in [3.63, 3.8) is 0 Å². The van der Waals surface area contributed by atoms with Gasteiger partial charge in [0.25, 0.3) is 0 Å². The SMILES string of the molecule is CCCCC(Br)C(=O)Nc1nc2ccc(S(=O)(=O)N(CCC)CCC)cc2s1. The lowest BCUT2D eigenvalue weighted by atomic mass is 10.2. The Morgan fingerprint density at radius 3 is 2.50 bits per heavy atom. The van der Waals surface area contributed by atoms with E-state index >= 15 is 0 Å². The van der Waals surface area contributed by atoms with E-state index in [2.05, 4.69) is 33.2 Å². The number of thiazole rings is 1. The number of hydrogen-bond acceptors (Lipinski definition) is 5. The van der Waals surface area contributed by atoms with Crippen LogP contribution >= 0.6 is 27.3 Å². The molecule has 0 aliphatic heterocycles. The standard InChI is InChI=1S/C19H28BrN3O3S2/c1-4-7-8-15(20)18(24)22-19-21-16-10-9-14(13-17(16)27-19)28(25,26)23(11-5-2)12-6-3/h9-10,13,15H,4-8,11-12H2,1-3H3,(H,21,22,24). The minimum atomic E-state index is -3.54. The molecule has 0 saturated carbocycles. The molecule has 1 aromatic carbocycles. The average Bonchev–Trinajstić information content (AvgIpc) is 3.07. The summed E-state index contributed by atoms with van der Waals surface area (Å²) in [6.45, 7) is 7.03. The summed E-state index contributed by atoms with van der Waals surface area (Å²) in [4.78, 5) is 16.7. The monoisotopic (exact) mass is 489 g/mol. The molecule has 156 valence electrons. The van der Waals surface area contributed by atoms with Gasteiger partial charge in [0.1, 0.15) is 0 Å². The molecule has 9 heteroatoms. The van der Waals surface area contributed by atoms with Gasteiger partial charge < -0.3 is 5.32 Å². The van der Waals surface area contributed by atoms with Gasteiger partial charge in [-0.3, -0.25) is 4.79 Å². The van der Waals surface area contributed by atoms with E-state index in [9.17, 15) is 13.2 Å². The number of carbonyl (C=O) groups is 1. The molecule has 0 aliphatic rings. The highest BCUT2D eigenvalue weighted by Gasteiger charge is 2.24. The Morgan fingerprint density at radius 1 is 1.21 bits per heavy atom. The molecule has 1 amide bonds. The van der Waals surface area contributed by atoms with Crippen molar-refractivity contribution in [1.82, 2.24) is 9.29 Å². The zero-order valence-corrected chi connectivity index (χ0v) is 19.8. The Balaban J connectivity index is 2.23. The number of hydrogen-bond donors (Lipinski definition) is 1. The summed E-state index contributed by atoms with van der Waals surface area (Å²) in [5.74, 6) is -0.127. The maximum Gasteiger partial charge on any atom is 0.243 e. The van der Waals surface area contributed by atoms with Crippen molar-refractivity contribution < 1.29 is 13.2 Å². The summed E-state index contributed by atoms with van der Waals surface area (Å²) in [6.07, 6.45) is 4.30. The molecular formula is C19H28BrN3O3S2. The third-order valence-electron chi connectivity index (χ3n) is 4.27. The molecule has 0 fully saturated rings. The summed E-state index contributed by atoms with van der Waals surface area (Å²) in [5.41, 5.74) is 0.677. The number of anilines is 1. The summed E-state index contributed by atoms with van der Waals surface area (Å²) in [7, 11) is -3.54. The van der Waals surface area contributed by atoms with Crippen LogP contribution in [0.4, 0.5) is 5.13 Å². The van der Waals surface area contributed by atoms with Crippen molar-refractivity contribution in [2.45, 2.75) is 62.6 Å². The zero-order valence-electron chi connectivity index (χ0n) is 16.6. The van der Waals surface area contributed by atoms with Crippen LogP contribution in [0.5, 0.6) is 0 Å². The van der Waals surface area contributed by atoms with E-state index in [0.717, 1.165) is 36.8 Å². The maximum absolute atomic E-state index is 13.0. The Kier molecular flexibility index (Phi) is 8.85.